The molecule has 0 bridgehead atoms. The van der Waals surface area contributed by atoms with Gasteiger partial charge in [-0.3, -0.25) is 4.79 Å². The quantitative estimate of drug-likeness (QED) is 0.805. The molecule has 1 aromatic heterocycles. The number of likely N-dealkylation sites (N-methyl/N-ethyl adjacent to an activating group) is 1. The Morgan fingerprint density at radius 2 is 2.41 bits per heavy atom. The summed E-state index contributed by atoms with van der Waals surface area (Å²) in [6, 6.07) is 0.230. The van der Waals surface area contributed by atoms with Gasteiger partial charge in [-0.1, -0.05) is 0 Å². The van der Waals surface area contributed by atoms with Gasteiger partial charge in [0.15, 0.2) is 5.13 Å². The van der Waals surface area contributed by atoms with Crippen molar-refractivity contribution in [2.24, 2.45) is 0 Å². The second-order valence-corrected chi connectivity index (χ2v) is 4.62. The van der Waals surface area contributed by atoms with Crippen molar-refractivity contribution < 1.29 is 14.6 Å². The van der Waals surface area contributed by atoms with Crippen LogP contribution < -0.4 is 4.90 Å². The van der Waals surface area contributed by atoms with Crippen molar-refractivity contribution in [3.8, 4) is 0 Å². The van der Waals surface area contributed by atoms with Crippen LogP contribution in [0.3, 0.4) is 0 Å². The highest BCUT2D eigenvalue weighted by Crippen LogP contribution is 2.22. The van der Waals surface area contributed by atoms with Gasteiger partial charge in [-0.25, -0.2) is 4.98 Å². The van der Waals surface area contributed by atoms with Crippen LogP contribution in [0.1, 0.15) is 19.5 Å². The highest BCUT2D eigenvalue weighted by atomic mass is 32.1. The van der Waals surface area contributed by atoms with Crippen molar-refractivity contribution in [1.29, 1.82) is 0 Å². The number of carboxylic acid groups (broad SMARTS) is 1. The van der Waals surface area contributed by atoms with Crippen LogP contribution in [0, 0.1) is 0 Å². The summed E-state index contributed by atoms with van der Waals surface area (Å²) in [5.41, 5.74) is 0.612. The third-order valence-corrected chi connectivity index (χ3v) is 3.32. The fraction of sp³-hybridized carbons (Fsp3) is 0.636. The van der Waals surface area contributed by atoms with Gasteiger partial charge in [0.2, 0.25) is 0 Å². The Labute approximate surface area is 105 Å². The number of carboxylic acids is 1. The number of ether oxygens (including phenoxy) is 1. The Kier molecular flexibility index (Phi) is 5.37. The summed E-state index contributed by atoms with van der Waals surface area (Å²) in [7, 11) is 1.67. The highest BCUT2D eigenvalue weighted by molar-refractivity contribution is 7.13. The summed E-state index contributed by atoms with van der Waals surface area (Å²) in [6.45, 7) is 5.56. The Morgan fingerprint density at radius 3 is 2.94 bits per heavy atom. The molecule has 96 valence electrons. The van der Waals surface area contributed by atoms with E-state index in [1.807, 2.05) is 6.92 Å². The first-order valence-corrected chi connectivity index (χ1v) is 6.38. The molecule has 0 radical (unpaired) electrons. The van der Waals surface area contributed by atoms with Crippen LogP contribution >= 0.6 is 11.3 Å². The lowest BCUT2D eigenvalue weighted by molar-refractivity contribution is -0.136. The Balaban J connectivity index is 2.75. The van der Waals surface area contributed by atoms with Gasteiger partial charge < -0.3 is 14.7 Å². The van der Waals surface area contributed by atoms with Crippen molar-refractivity contribution in [1.82, 2.24) is 4.98 Å². The van der Waals surface area contributed by atoms with Gasteiger partial charge in [-0.05, 0) is 13.8 Å². The number of thiazole rings is 1. The van der Waals surface area contributed by atoms with Crippen molar-refractivity contribution in [3.05, 3.63) is 11.1 Å². The number of hydrogen-bond acceptors (Lipinski definition) is 5. The first-order valence-electron chi connectivity index (χ1n) is 5.50. The summed E-state index contributed by atoms with van der Waals surface area (Å²) in [6.07, 6.45) is -0.0211. The average molecular weight is 258 g/mol. The van der Waals surface area contributed by atoms with E-state index in [2.05, 4.69) is 16.8 Å². The molecule has 0 aromatic carbocycles. The Bertz CT molecular complexity index is 367. The summed E-state index contributed by atoms with van der Waals surface area (Å²) in [5, 5.41) is 11.3. The number of rotatable bonds is 7. The molecule has 1 N–H and O–H groups in total. The van der Waals surface area contributed by atoms with E-state index in [4.69, 9.17) is 9.84 Å². The minimum absolute atomic E-state index is 0.0211. The molecule has 1 rings (SSSR count). The number of aromatic nitrogens is 1. The first-order chi connectivity index (χ1) is 8.08. The summed E-state index contributed by atoms with van der Waals surface area (Å²) >= 11 is 1.47. The van der Waals surface area contributed by atoms with Gasteiger partial charge in [0.05, 0.1) is 24.8 Å². The molecule has 6 heteroatoms. The van der Waals surface area contributed by atoms with E-state index in [-0.39, 0.29) is 12.5 Å². The molecule has 5 nitrogen and oxygen atoms in total. The monoisotopic (exact) mass is 258 g/mol. The average Bonchev–Trinajstić information content (AvgIpc) is 2.67. The topological polar surface area (TPSA) is 62.7 Å². The van der Waals surface area contributed by atoms with Crippen LogP contribution in [-0.4, -0.2) is 42.4 Å². The fourth-order valence-electron chi connectivity index (χ4n) is 1.63. The zero-order valence-electron chi connectivity index (χ0n) is 10.3. The van der Waals surface area contributed by atoms with E-state index >= 15 is 0 Å². The maximum Gasteiger partial charge on any atom is 0.309 e. The molecule has 1 aromatic rings. The Hall–Kier alpha value is -1.14. The first kappa shape index (κ1) is 13.9. The number of aliphatic carboxylic acids is 1. The molecule has 1 heterocycles. The minimum Gasteiger partial charge on any atom is -0.481 e. The molecule has 0 fully saturated rings. The molecule has 0 aliphatic rings. The molecule has 0 spiro atoms. The smallest absolute Gasteiger partial charge is 0.309 e. The van der Waals surface area contributed by atoms with Gasteiger partial charge >= 0.3 is 5.97 Å². The van der Waals surface area contributed by atoms with Crippen LogP contribution in [0.5, 0.6) is 0 Å². The third-order valence-electron chi connectivity index (χ3n) is 2.40. The van der Waals surface area contributed by atoms with E-state index in [1.54, 1.807) is 12.5 Å². The zero-order chi connectivity index (χ0) is 12.8. The number of anilines is 1. The summed E-state index contributed by atoms with van der Waals surface area (Å²) in [5.74, 6) is -0.852. The third kappa shape index (κ3) is 3.98. The predicted molar refractivity (Wildman–Crippen MR) is 67.8 cm³/mol. The molecular formula is C11H18N2O3S. The number of nitrogens with zero attached hydrogens (tertiary/aromatic N) is 2. The second kappa shape index (κ2) is 6.56. The number of carbonyl (C=O) groups is 1. The molecule has 1 atom stereocenters. The van der Waals surface area contributed by atoms with E-state index < -0.39 is 5.97 Å². The van der Waals surface area contributed by atoms with Gasteiger partial charge in [-0.15, -0.1) is 11.3 Å². The molecule has 1 unspecified atom stereocenters. The molecule has 0 amide bonds. The lowest BCUT2D eigenvalue weighted by atomic mass is 10.3. The van der Waals surface area contributed by atoms with Crippen LogP contribution in [-0.2, 0) is 16.0 Å². The van der Waals surface area contributed by atoms with Gasteiger partial charge in [0, 0.05) is 19.0 Å². The molecule has 0 aliphatic heterocycles. The van der Waals surface area contributed by atoms with Crippen LogP contribution in [0.25, 0.3) is 0 Å². The maximum absolute atomic E-state index is 10.6. The molecular weight excluding hydrogens is 240 g/mol. The van der Waals surface area contributed by atoms with Crippen LogP contribution in [0.4, 0.5) is 5.13 Å². The van der Waals surface area contributed by atoms with Gasteiger partial charge in [0.1, 0.15) is 0 Å². The maximum atomic E-state index is 10.6. The molecule has 0 saturated heterocycles. The zero-order valence-corrected chi connectivity index (χ0v) is 11.2. The van der Waals surface area contributed by atoms with E-state index in [0.717, 1.165) is 11.7 Å². The number of hydrogen-bond donors (Lipinski definition) is 1. The SMILES string of the molecule is CCN(c1nc(CC(=O)O)cs1)C(C)COC. The fourth-order valence-corrected chi connectivity index (χ4v) is 2.62. The summed E-state index contributed by atoms with van der Waals surface area (Å²) in [4.78, 5) is 17.0. The van der Waals surface area contributed by atoms with Crippen molar-refractivity contribution in [3.63, 3.8) is 0 Å². The van der Waals surface area contributed by atoms with E-state index in [0.29, 0.717) is 12.3 Å². The standard InChI is InChI=1S/C11H18N2O3S/c1-4-13(8(2)6-16-3)11-12-9(7-17-11)5-10(14)15/h7-8H,4-6H2,1-3H3,(H,14,15). The lowest BCUT2D eigenvalue weighted by Crippen LogP contribution is -2.36. The normalized spacial score (nSPS) is 12.4. The van der Waals surface area contributed by atoms with E-state index in [9.17, 15) is 4.79 Å². The van der Waals surface area contributed by atoms with E-state index in [1.165, 1.54) is 11.3 Å². The highest BCUT2D eigenvalue weighted by Gasteiger charge is 2.16. The van der Waals surface area contributed by atoms with Crippen LogP contribution in [0.15, 0.2) is 5.38 Å². The van der Waals surface area contributed by atoms with Gasteiger partial charge in [-0.2, -0.15) is 0 Å². The largest absolute Gasteiger partial charge is 0.481 e. The second-order valence-electron chi connectivity index (χ2n) is 3.78. The van der Waals surface area contributed by atoms with Crippen LogP contribution in [0.2, 0.25) is 0 Å². The lowest BCUT2D eigenvalue weighted by Gasteiger charge is -2.26. The molecule has 17 heavy (non-hydrogen) atoms. The Morgan fingerprint density at radius 1 is 1.71 bits per heavy atom. The molecule has 0 aliphatic carbocycles. The summed E-state index contributed by atoms with van der Waals surface area (Å²) < 4.78 is 5.12. The number of methoxy groups -OCH3 is 1. The predicted octanol–water partition coefficient (Wildman–Crippen LogP) is 1.63. The minimum atomic E-state index is -0.852. The van der Waals surface area contributed by atoms with Gasteiger partial charge in [0.25, 0.3) is 0 Å². The molecule has 0 saturated carbocycles. The van der Waals surface area contributed by atoms with Crippen molar-refractivity contribution >= 4 is 22.4 Å². The van der Waals surface area contributed by atoms with Crippen molar-refractivity contribution in [2.75, 3.05) is 25.2 Å². The van der Waals surface area contributed by atoms with Crippen molar-refractivity contribution in [2.45, 2.75) is 26.3 Å².